The number of benzene rings is 2. The van der Waals surface area contributed by atoms with Gasteiger partial charge in [0.05, 0.1) is 0 Å². The molecular weight excluding hydrogens is 220 g/mol. The first kappa shape index (κ1) is 10.8. The number of aryl methyl sites for hydroxylation is 1. The molecule has 3 rings (SSSR count). The molecular formula is C16H15N2+. The minimum atomic E-state index is 1.17. The lowest BCUT2D eigenvalue weighted by molar-refractivity contribution is -0.594. The molecule has 0 unspecified atom stereocenters. The molecule has 88 valence electrons. The molecule has 1 aromatic heterocycles. The smallest absolute Gasteiger partial charge is 0.202 e. The highest BCUT2D eigenvalue weighted by Crippen LogP contribution is 2.09. The second-order valence-corrected chi connectivity index (χ2v) is 4.40. The van der Waals surface area contributed by atoms with Gasteiger partial charge in [0.1, 0.15) is 23.8 Å². The van der Waals surface area contributed by atoms with Gasteiger partial charge in [0.25, 0.3) is 6.33 Å². The average Bonchev–Trinajstić information content (AvgIpc) is 2.89. The number of para-hydroxylation sites is 1. The van der Waals surface area contributed by atoms with Gasteiger partial charge in [0.15, 0.2) is 0 Å². The van der Waals surface area contributed by atoms with Gasteiger partial charge in [0.2, 0.25) is 0 Å². The summed E-state index contributed by atoms with van der Waals surface area (Å²) in [4.78, 5) is 0. The van der Waals surface area contributed by atoms with Crippen LogP contribution in [-0.2, 0) is 0 Å². The summed E-state index contributed by atoms with van der Waals surface area (Å²) in [6.45, 7) is 2.11. The number of hydrogen-bond donors (Lipinski definition) is 0. The number of aromatic nitrogens is 2. The predicted molar refractivity (Wildman–Crippen MR) is 72.0 cm³/mol. The Morgan fingerprint density at radius 1 is 0.944 bits per heavy atom. The van der Waals surface area contributed by atoms with E-state index in [1.165, 1.54) is 16.9 Å². The third kappa shape index (κ3) is 2.05. The van der Waals surface area contributed by atoms with Crippen LogP contribution in [0.25, 0.3) is 11.4 Å². The third-order valence-corrected chi connectivity index (χ3v) is 2.99. The molecule has 1 heterocycles. The molecule has 0 fully saturated rings. The zero-order valence-electron chi connectivity index (χ0n) is 10.3. The lowest BCUT2D eigenvalue weighted by atomic mass is 10.2. The van der Waals surface area contributed by atoms with Gasteiger partial charge >= 0.3 is 0 Å². The van der Waals surface area contributed by atoms with E-state index in [4.69, 9.17) is 0 Å². The molecule has 0 N–H and O–H groups in total. The fourth-order valence-corrected chi connectivity index (χ4v) is 2.05. The molecule has 2 heteroatoms. The number of hydrogen-bond acceptors (Lipinski definition) is 0. The van der Waals surface area contributed by atoms with Gasteiger partial charge in [0, 0.05) is 0 Å². The van der Waals surface area contributed by atoms with Crippen molar-refractivity contribution in [2.24, 2.45) is 0 Å². The van der Waals surface area contributed by atoms with Gasteiger partial charge in [-0.15, -0.1) is 0 Å². The minimum absolute atomic E-state index is 1.17. The van der Waals surface area contributed by atoms with Crippen LogP contribution in [0, 0.1) is 6.92 Å². The van der Waals surface area contributed by atoms with Crippen LogP contribution in [0.2, 0.25) is 0 Å². The van der Waals surface area contributed by atoms with Crippen molar-refractivity contribution >= 4 is 0 Å². The van der Waals surface area contributed by atoms with Crippen molar-refractivity contribution in [1.82, 2.24) is 4.57 Å². The van der Waals surface area contributed by atoms with Gasteiger partial charge in [-0.25, -0.2) is 9.13 Å². The molecule has 0 radical (unpaired) electrons. The second kappa shape index (κ2) is 4.49. The number of imidazole rings is 1. The van der Waals surface area contributed by atoms with Crippen molar-refractivity contribution in [3.8, 4) is 11.4 Å². The summed E-state index contributed by atoms with van der Waals surface area (Å²) in [5.41, 5.74) is 3.63. The van der Waals surface area contributed by atoms with Crippen LogP contribution in [-0.4, -0.2) is 4.57 Å². The molecule has 0 bridgehead atoms. The van der Waals surface area contributed by atoms with E-state index in [0.717, 1.165) is 0 Å². The quantitative estimate of drug-likeness (QED) is 0.604. The second-order valence-electron chi connectivity index (χ2n) is 4.40. The molecule has 0 spiro atoms. The SMILES string of the molecule is Cc1cccc(-n2cc[n+](-c3ccccc3)c2)c1. The highest BCUT2D eigenvalue weighted by atomic mass is 15.1. The van der Waals surface area contributed by atoms with Crippen LogP contribution in [0.5, 0.6) is 0 Å². The maximum atomic E-state index is 2.18. The first-order valence-corrected chi connectivity index (χ1v) is 6.05. The summed E-state index contributed by atoms with van der Waals surface area (Å²) in [5.74, 6) is 0. The van der Waals surface area contributed by atoms with Crippen LogP contribution in [0.4, 0.5) is 0 Å². The van der Waals surface area contributed by atoms with E-state index in [1.54, 1.807) is 0 Å². The average molecular weight is 235 g/mol. The Hall–Kier alpha value is -2.35. The van der Waals surface area contributed by atoms with E-state index < -0.39 is 0 Å². The van der Waals surface area contributed by atoms with Gasteiger partial charge in [-0.3, -0.25) is 0 Å². The summed E-state index contributed by atoms with van der Waals surface area (Å²) in [6.07, 6.45) is 6.23. The van der Waals surface area contributed by atoms with Crippen molar-refractivity contribution < 1.29 is 4.57 Å². The van der Waals surface area contributed by atoms with Crippen LogP contribution < -0.4 is 4.57 Å². The normalized spacial score (nSPS) is 10.5. The summed E-state index contributed by atoms with van der Waals surface area (Å²) in [6, 6.07) is 18.8. The Bertz CT molecular complexity index is 654. The standard InChI is InChI=1S/C16H15N2/c1-14-6-5-9-16(12-14)18-11-10-17(13-18)15-7-3-2-4-8-15/h2-13H,1H3/q+1. The highest BCUT2D eigenvalue weighted by molar-refractivity contribution is 5.35. The Balaban J connectivity index is 2.00. The van der Waals surface area contributed by atoms with E-state index in [1.807, 2.05) is 18.2 Å². The molecule has 0 amide bonds. The molecule has 0 saturated carbocycles. The minimum Gasteiger partial charge on any atom is -0.202 e. The molecule has 18 heavy (non-hydrogen) atoms. The Morgan fingerprint density at radius 2 is 1.78 bits per heavy atom. The van der Waals surface area contributed by atoms with Crippen molar-refractivity contribution in [2.45, 2.75) is 6.92 Å². The van der Waals surface area contributed by atoms with E-state index in [-0.39, 0.29) is 0 Å². The Morgan fingerprint density at radius 3 is 2.56 bits per heavy atom. The van der Waals surface area contributed by atoms with Crippen LogP contribution in [0.1, 0.15) is 5.56 Å². The summed E-state index contributed by atoms with van der Waals surface area (Å²) in [7, 11) is 0. The van der Waals surface area contributed by atoms with E-state index >= 15 is 0 Å². The Kier molecular flexibility index (Phi) is 2.69. The summed E-state index contributed by atoms with van der Waals surface area (Å²) >= 11 is 0. The lowest BCUT2D eigenvalue weighted by Crippen LogP contribution is -2.27. The van der Waals surface area contributed by atoms with Gasteiger partial charge in [-0.1, -0.05) is 30.3 Å². The van der Waals surface area contributed by atoms with Crippen molar-refractivity contribution in [1.29, 1.82) is 0 Å². The molecule has 3 aromatic rings. The zero-order valence-corrected chi connectivity index (χ0v) is 10.3. The predicted octanol–water partition coefficient (Wildman–Crippen LogP) is 3.06. The third-order valence-electron chi connectivity index (χ3n) is 2.99. The fraction of sp³-hybridized carbons (Fsp3) is 0.0625. The number of rotatable bonds is 2. The Labute approximate surface area is 107 Å². The van der Waals surface area contributed by atoms with Crippen molar-refractivity contribution in [2.75, 3.05) is 0 Å². The highest BCUT2D eigenvalue weighted by Gasteiger charge is 2.07. The van der Waals surface area contributed by atoms with Crippen LogP contribution in [0.3, 0.4) is 0 Å². The topological polar surface area (TPSA) is 8.81 Å². The van der Waals surface area contributed by atoms with E-state index in [0.29, 0.717) is 0 Å². The van der Waals surface area contributed by atoms with E-state index in [2.05, 4.69) is 71.2 Å². The largest absolute Gasteiger partial charge is 0.254 e. The summed E-state index contributed by atoms with van der Waals surface area (Å²) < 4.78 is 4.24. The molecule has 0 saturated heterocycles. The van der Waals surface area contributed by atoms with Crippen LogP contribution in [0.15, 0.2) is 73.3 Å². The molecule has 2 nitrogen and oxygen atoms in total. The van der Waals surface area contributed by atoms with Gasteiger partial charge in [-0.2, -0.15) is 0 Å². The van der Waals surface area contributed by atoms with Crippen LogP contribution >= 0.6 is 0 Å². The monoisotopic (exact) mass is 235 g/mol. The number of nitrogens with zero attached hydrogens (tertiary/aromatic N) is 2. The fourth-order valence-electron chi connectivity index (χ4n) is 2.05. The molecule has 0 aliphatic rings. The molecule has 0 atom stereocenters. The lowest BCUT2D eigenvalue weighted by Gasteiger charge is -1.97. The zero-order chi connectivity index (χ0) is 12.4. The van der Waals surface area contributed by atoms with E-state index in [9.17, 15) is 0 Å². The first-order chi connectivity index (χ1) is 8.83. The van der Waals surface area contributed by atoms with Gasteiger partial charge < -0.3 is 0 Å². The van der Waals surface area contributed by atoms with Gasteiger partial charge in [-0.05, 0) is 36.8 Å². The molecule has 0 aliphatic heterocycles. The van der Waals surface area contributed by atoms with Crippen molar-refractivity contribution in [3.05, 3.63) is 78.9 Å². The first-order valence-electron chi connectivity index (χ1n) is 6.05. The molecule has 0 aliphatic carbocycles. The maximum absolute atomic E-state index is 2.18. The van der Waals surface area contributed by atoms with Crippen molar-refractivity contribution in [3.63, 3.8) is 0 Å². The maximum Gasteiger partial charge on any atom is 0.254 e. The molecule has 2 aromatic carbocycles. The summed E-state index contributed by atoms with van der Waals surface area (Å²) in [5, 5.41) is 0.